The molecular weight excluding hydrogens is 286 g/mol. The van der Waals surface area contributed by atoms with E-state index in [1.54, 1.807) is 18.1 Å². The summed E-state index contributed by atoms with van der Waals surface area (Å²) < 4.78 is 9.63. The van der Waals surface area contributed by atoms with Crippen molar-refractivity contribution in [2.45, 2.75) is 6.92 Å². The Balaban J connectivity index is 2.08. The van der Waals surface area contributed by atoms with E-state index in [-0.39, 0.29) is 0 Å². The van der Waals surface area contributed by atoms with E-state index in [0.717, 1.165) is 22.7 Å². The van der Waals surface area contributed by atoms with E-state index in [9.17, 15) is 0 Å². The Morgan fingerprint density at radius 3 is 2.71 bits per heavy atom. The molecule has 3 aromatic rings. The molecule has 3 rings (SSSR count). The molecule has 0 radical (unpaired) electrons. The van der Waals surface area contributed by atoms with Crippen LogP contribution in [0.5, 0.6) is 5.75 Å². The molecule has 0 saturated heterocycles. The van der Waals surface area contributed by atoms with Crippen LogP contribution in [-0.2, 0) is 7.05 Å². The molecule has 0 unspecified atom stereocenters. The zero-order chi connectivity index (χ0) is 15.0. The number of hydrogen-bond donors (Lipinski definition) is 1. The van der Waals surface area contributed by atoms with E-state index in [4.69, 9.17) is 17.0 Å². The van der Waals surface area contributed by atoms with Gasteiger partial charge < -0.3 is 9.30 Å². The lowest BCUT2D eigenvalue weighted by Crippen LogP contribution is -1.96. The highest BCUT2D eigenvalue weighted by molar-refractivity contribution is 7.71. The lowest BCUT2D eigenvalue weighted by atomic mass is 10.1. The average molecular weight is 301 g/mol. The number of imidazole rings is 1. The quantitative estimate of drug-likeness (QED) is 0.756. The van der Waals surface area contributed by atoms with Gasteiger partial charge in [-0.2, -0.15) is 4.98 Å². The largest absolute Gasteiger partial charge is 0.495 e. The van der Waals surface area contributed by atoms with E-state index in [1.807, 2.05) is 42.9 Å². The number of aromatic nitrogens is 5. The molecule has 0 aliphatic rings. The first-order chi connectivity index (χ1) is 10.1. The van der Waals surface area contributed by atoms with Crippen LogP contribution in [0.25, 0.3) is 17.1 Å². The van der Waals surface area contributed by atoms with E-state index in [2.05, 4.69) is 15.1 Å². The van der Waals surface area contributed by atoms with Crippen molar-refractivity contribution in [3.8, 4) is 22.8 Å². The summed E-state index contributed by atoms with van der Waals surface area (Å²) in [6.45, 7) is 1.95. The van der Waals surface area contributed by atoms with Gasteiger partial charge in [0.15, 0.2) is 5.82 Å². The molecule has 6 nitrogen and oxygen atoms in total. The Morgan fingerprint density at radius 2 is 2.14 bits per heavy atom. The standard InChI is InChI=1S/C14H15N5OS/c1-9-7-19(8-15-9)11-5-4-10(6-12(11)20-3)13-16-14(21)18(2)17-13/h4-8H,1-3H3,(H,16,17,21). The van der Waals surface area contributed by atoms with Crippen LogP contribution in [0.1, 0.15) is 5.69 Å². The highest BCUT2D eigenvalue weighted by atomic mass is 32.1. The zero-order valence-corrected chi connectivity index (χ0v) is 12.8. The van der Waals surface area contributed by atoms with E-state index >= 15 is 0 Å². The summed E-state index contributed by atoms with van der Waals surface area (Å²) in [5.41, 5.74) is 2.80. The number of rotatable bonds is 3. The van der Waals surface area contributed by atoms with E-state index in [1.165, 1.54) is 0 Å². The minimum Gasteiger partial charge on any atom is -0.495 e. The average Bonchev–Trinajstić information content (AvgIpc) is 3.05. The number of methoxy groups -OCH3 is 1. The van der Waals surface area contributed by atoms with Gasteiger partial charge >= 0.3 is 0 Å². The number of benzene rings is 1. The van der Waals surface area contributed by atoms with Crippen LogP contribution in [0.2, 0.25) is 0 Å². The van der Waals surface area contributed by atoms with Gasteiger partial charge in [0.1, 0.15) is 5.75 Å². The molecule has 21 heavy (non-hydrogen) atoms. The highest BCUT2D eigenvalue weighted by Crippen LogP contribution is 2.28. The van der Waals surface area contributed by atoms with E-state index < -0.39 is 0 Å². The van der Waals surface area contributed by atoms with Crippen LogP contribution in [-0.4, -0.2) is 31.4 Å². The van der Waals surface area contributed by atoms with Gasteiger partial charge in [0, 0.05) is 18.8 Å². The third-order valence-corrected chi connectivity index (χ3v) is 3.58. The number of nitrogens with zero attached hydrogens (tertiary/aromatic N) is 4. The van der Waals surface area contributed by atoms with Crippen LogP contribution in [0.15, 0.2) is 30.7 Å². The van der Waals surface area contributed by atoms with Crippen molar-refractivity contribution in [1.29, 1.82) is 0 Å². The molecule has 1 N–H and O–H groups in total. The molecule has 0 bridgehead atoms. The predicted octanol–water partition coefficient (Wildman–Crippen LogP) is 2.65. The molecule has 0 saturated carbocycles. The molecule has 0 atom stereocenters. The highest BCUT2D eigenvalue weighted by Gasteiger charge is 2.10. The lowest BCUT2D eigenvalue weighted by molar-refractivity contribution is 0.413. The molecule has 2 aromatic heterocycles. The maximum atomic E-state index is 5.49. The first-order valence-corrected chi connectivity index (χ1v) is 6.81. The van der Waals surface area contributed by atoms with Crippen molar-refractivity contribution < 1.29 is 4.74 Å². The Hall–Kier alpha value is -2.41. The number of aryl methyl sites for hydroxylation is 2. The van der Waals surface area contributed by atoms with Crippen LogP contribution in [0.4, 0.5) is 0 Å². The predicted molar refractivity (Wildman–Crippen MR) is 82.2 cm³/mol. The van der Waals surface area contributed by atoms with Crippen molar-refractivity contribution in [2.75, 3.05) is 7.11 Å². The fourth-order valence-corrected chi connectivity index (χ4v) is 2.26. The van der Waals surface area contributed by atoms with Crippen molar-refractivity contribution >= 4 is 12.2 Å². The minimum absolute atomic E-state index is 0.512. The van der Waals surface area contributed by atoms with Gasteiger partial charge in [-0.1, -0.05) is 0 Å². The van der Waals surface area contributed by atoms with Gasteiger partial charge in [0.2, 0.25) is 4.77 Å². The number of aromatic amines is 1. The summed E-state index contributed by atoms with van der Waals surface area (Å²) in [6, 6.07) is 5.87. The number of ether oxygens (including phenoxy) is 1. The molecule has 0 spiro atoms. The molecular formula is C14H15N5OS. The second-order valence-corrected chi connectivity index (χ2v) is 5.09. The van der Waals surface area contributed by atoms with Crippen molar-refractivity contribution in [3.05, 3.63) is 41.2 Å². The second kappa shape index (κ2) is 5.17. The van der Waals surface area contributed by atoms with Gasteiger partial charge in [0.05, 0.1) is 24.8 Å². The van der Waals surface area contributed by atoms with Crippen LogP contribution >= 0.6 is 12.2 Å². The van der Waals surface area contributed by atoms with E-state index in [0.29, 0.717) is 10.6 Å². The summed E-state index contributed by atoms with van der Waals surface area (Å²) in [7, 11) is 3.48. The minimum atomic E-state index is 0.512. The molecule has 2 heterocycles. The fraction of sp³-hybridized carbons (Fsp3) is 0.214. The van der Waals surface area contributed by atoms with Gasteiger partial charge in [-0.3, -0.25) is 9.78 Å². The Morgan fingerprint density at radius 1 is 1.33 bits per heavy atom. The molecule has 0 fully saturated rings. The smallest absolute Gasteiger partial charge is 0.216 e. The van der Waals surface area contributed by atoms with Crippen molar-refractivity contribution in [1.82, 2.24) is 24.3 Å². The second-order valence-electron chi connectivity index (χ2n) is 4.72. The summed E-state index contributed by atoms with van der Waals surface area (Å²) in [4.78, 5) is 8.55. The summed E-state index contributed by atoms with van der Waals surface area (Å²) in [5.74, 6) is 1.46. The van der Waals surface area contributed by atoms with Crippen LogP contribution in [0, 0.1) is 11.7 Å². The molecule has 0 aliphatic heterocycles. The Labute approximate surface area is 127 Å². The lowest BCUT2D eigenvalue weighted by Gasteiger charge is -2.10. The topological polar surface area (TPSA) is 60.7 Å². The monoisotopic (exact) mass is 301 g/mol. The van der Waals surface area contributed by atoms with Crippen molar-refractivity contribution in [2.24, 2.45) is 7.05 Å². The zero-order valence-electron chi connectivity index (χ0n) is 12.0. The maximum absolute atomic E-state index is 5.49. The summed E-state index contributed by atoms with van der Waals surface area (Å²) >= 11 is 5.12. The maximum Gasteiger partial charge on any atom is 0.216 e. The molecule has 0 amide bonds. The van der Waals surface area contributed by atoms with Crippen LogP contribution in [0.3, 0.4) is 0 Å². The Kier molecular flexibility index (Phi) is 3.34. The first kappa shape index (κ1) is 13.6. The SMILES string of the molecule is COc1cc(-c2nc(=S)n(C)[nH]2)ccc1-n1cnc(C)c1. The number of hydrogen-bond acceptors (Lipinski definition) is 4. The third kappa shape index (κ3) is 2.47. The molecule has 1 aromatic carbocycles. The van der Waals surface area contributed by atoms with Gasteiger partial charge in [0.25, 0.3) is 0 Å². The van der Waals surface area contributed by atoms with Gasteiger partial charge in [-0.15, -0.1) is 0 Å². The van der Waals surface area contributed by atoms with Crippen molar-refractivity contribution in [3.63, 3.8) is 0 Å². The number of H-pyrrole nitrogens is 1. The Bertz CT molecular complexity index is 845. The summed E-state index contributed by atoms with van der Waals surface area (Å²) in [6.07, 6.45) is 3.72. The van der Waals surface area contributed by atoms with Gasteiger partial charge in [-0.05, 0) is 37.3 Å². The summed E-state index contributed by atoms with van der Waals surface area (Å²) in [5, 5.41) is 3.10. The normalized spacial score (nSPS) is 10.8. The first-order valence-electron chi connectivity index (χ1n) is 6.41. The van der Waals surface area contributed by atoms with Gasteiger partial charge in [-0.25, -0.2) is 4.98 Å². The third-order valence-electron chi connectivity index (χ3n) is 3.21. The molecule has 108 valence electrons. The number of nitrogens with one attached hydrogen (secondary N) is 1. The van der Waals surface area contributed by atoms with Crippen LogP contribution < -0.4 is 4.74 Å². The molecule has 7 heteroatoms. The molecule has 0 aliphatic carbocycles. The fourth-order valence-electron chi connectivity index (χ4n) is 2.12.